The predicted octanol–water partition coefficient (Wildman–Crippen LogP) is 1.23. The van der Waals surface area contributed by atoms with E-state index in [9.17, 15) is 0 Å². The smallest absolute Gasteiger partial charge is 0.148 e. The maximum absolute atomic E-state index is 3.97. The molecule has 0 aliphatic rings. The van der Waals surface area contributed by atoms with Gasteiger partial charge in [-0.3, -0.25) is 0 Å². The number of rotatable bonds is 5. The number of nitrogens with one attached hydrogen (secondary N) is 1. The Balaban J connectivity index is 2.30. The Morgan fingerprint density at radius 2 is 2.29 bits per heavy atom. The van der Waals surface area contributed by atoms with Gasteiger partial charge in [0.05, 0.1) is 0 Å². The molecule has 1 atom stereocenters. The van der Waals surface area contributed by atoms with Gasteiger partial charge in [-0.25, -0.2) is 0 Å². The van der Waals surface area contributed by atoms with Crippen LogP contribution in [-0.4, -0.2) is 41.8 Å². The molecule has 0 aromatic carbocycles. The minimum atomic E-state index is 0.425. The summed E-state index contributed by atoms with van der Waals surface area (Å²) in [4.78, 5) is 2.18. The number of hydrogen-bond acceptors (Lipinski definition) is 4. The molecular weight excluding hydrogens is 176 g/mol. The second-order valence-corrected chi connectivity index (χ2v) is 3.75. The topological polar surface area (TPSA) is 41.0 Å². The third-order valence-electron chi connectivity index (χ3n) is 1.98. The highest BCUT2D eigenvalue weighted by atomic mass is 15.2. The van der Waals surface area contributed by atoms with E-state index in [1.807, 2.05) is 12.1 Å². The van der Waals surface area contributed by atoms with Crippen LogP contribution in [0.3, 0.4) is 0 Å². The summed E-state index contributed by atoms with van der Waals surface area (Å²) >= 11 is 0. The Hall–Kier alpha value is -1.16. The van der Waals surface area contributed by atoms with Gasteiger partial charge >= 0.3 is 0 Å². The Morgan fingerprint density at radius 3 is 2.86 bits per heavy atom. The van der Waals surface area contributed by atoms with Gasteiger partial charge in [0.15, 0.2) is 0 Å². The minimum absolute atomic E-state index is 0.425. The van der Waals surface area contributed by atoms with Crippen molar-refractivity contribution in [3.05, 3.63) is 18.3 Å². The molecule has 0 fully saturated rings. The van der Waals surface area contributed by atoms with Gasteiger partial charge < -0.3 is 10.2 Å². The standard InChI is InChI=1S/C10H18N4/c1-9(6-8-14(2)3)12-10-5-4-7-11-13-10/h4-5,7,9H,6,8H2,1-3H3,(H,12,13). The number of aromatic nitrogens is 2. The van der Waals surface area contributed by atoms with E-state index in [1.54, 1.807) is 6.20 Å². The quantitative estimate of drug-likeness (QED) is 0.765. The van der Waals surface area contributed by atoms with Gasteiger partial charge in [-0.15, -0.1) is 5.10 Å². The first-order valence-corrected chi connectivity index (χ1v) is 4.87. The summed E-state index contributed by atoms with van der Waals surface area (Å²) in [7, 11) is 4.16. The molecule has 1 unspecified atom stereocenters. The fourth-order valence-corrected chi connectivity index (χ4v) is 1.15. The largest absolute Gasteiger partial charge is 0.366 e. The molecule has 4 nitrogen and oxygen atoms in total. The molecule has 1 aromatic heterocycles. The summed E-state index contributed by atoms with van der Waals surface area (Å²) in [6, 6.07) is 4.24. The monoisotopic (exact) mass is 194 g/mol. The molecule has 1 aromatic rings. The summed E-state index contributed by atoms with van der Waals surface area (Å²) in [5, 5.41) is 11.1. The highest BCUT2D eigenvalue weighted by Crippen LogP contribution is 2.03. The van der Waals surface area contributed by atoms with Crippen molar-refractivity contribution in [3.8, 4) is 0 Å². The van der Waals surface area contributed by atoms with Crippen molar-refractivity contribution in [1.82, 2.24) is 15.1 Å². The van der Waals surface area contributed by atoms with Crippen LogP contribution in [0.2, 0.25) is 0 Å². The SMILES string of the molecule is CC(CCN(C)C)Nc1cccnn1. The normalized spacial score (nSPS) is 12.9. The van der Waals surface area contributed by atoms with Crippen LogP contribution in [0.5, 0.6) is 0 Å². The average molecular weight is 194 g/mol. The van der Waals surface area contributed by atoms with Gasteiger partial charge in [-0.1, -0.05) is 0 Å². The third-order valence-corrected chi connectivity index (χ3v) is 1.98. The van der Waals surface area contributed by atoms with Crippen molar-refractivity contribution >= 4 is 5.82 Å². The summed E-state index contributed by atoms with van der Waals surface area (Å²) in [6.07, 6.45) is 2.78. The Kier molecular flexibility index (Phi) is 4.32. The van der Waals surface area contributed by atoms with E-state index in [-0.39, 0.29) is 0 Å². The molecule has 0 spiro atoms. The summed E-state index contributed by atoms with van der Waals surface area (Å²) < 4.78 is 0. The van der Waals surface area contributed by atoms with E-state index in [0.29, 0.717) is 6.04 Å². The molecule has 0 saturated carbocycles. The van der Waals surface area contributed by atoms with Gasteiger partial charge in [0.2, 0.25) is 0 Å². The molecule has 1 N–H and O–H groups in total. The number of hydrogen-bond donors (Lipinski definition) is 1. The Morgan fingerprint density at radius 1 is 1.50 bits per heavy atom. The van der Waals surface area contributed by atoms with Crippen LogP contribution < -0.4 is 5.32 Å². The van der Waals surface area contributed by atoms with Crippen molar-refractivity contribution < 1.29 is 0 Å². The maximum atomic E-state index is 3.97. The first-order chi connectivity index (χ1) is 6.68. The van der Waals surface area contributed by atoms with E-state index in [2.05, 4.69) is 41.4 Å². The van der Waals surface area contributed by atoms with Gasteiger partial charge in [0.1, 0.15) is 5.82 Å². The lowest BCUT2D eigenvalue weighted by Gasteiger charge is -2.16. The van der Waals surface area contributed by atoms with Crippen molar-refractivity contribution in [2.45, 2.75) is 19.4 Å². The minimum Gasteiger partial charge on any atom is -0.366 e. The van der Waals surface area contributed by atoms with Gasteiger partial charge in [0.25, 0.3) is 0 Å². The average Bonchev–Trinajstić information content (AvgIpc) is 2.16. The van der Waals surface area contributed by atoms with E-state index >= 15 is 0 Å². The second-order valence-electron chi connectivity index (χ2n) is 3.75. The molecule has 1 heterocycles. The first-order valence-electron chi connectivity index (χ1n) is 4.87. The highest BCUT2D eigenvalue weighted by Gasteiger charge is 2.02. The van der Waals surface area contributed by atoms with Crippen LogP contribution in [0.15, 0.2) is 18.3 Å². The lowest BCUT2D eigenvalue weighted by atomic mass is 10.2. The van der Waals surface area contributed by atoms with Gasteiger partial charge in [-0.05, 0) is 46.1 Å². The first kappa shape index (κ1) is 10.9. The molecule has 0 amide bonds. The van der Waals surface area contributed by atoms with Crippen molar-refractivity contribution in [3.63, 3.8) is 0 Å². The van der Waals surface area contributed by atoms with Crippen LogP contribution >= 0.6 is 0 Å². The van der Waals surface area contributed by atoms with Crippen LogP contribution in [0.1, 0.15) is 13.3 Å². The van der Waals surface area contributed by atoms with Crippen LogP contribution in [0, 0.1) is 0 Å². The Labute approximate surface area is 85.3 Å². The summed E-state index contributed by atoms with van der Waals surface area (Å²) in [5.74, 6) is 0.846. The lowest BCUT2D eigenvalue weighted by molar-refractivity contribution is 0.390. The molecule has 0 saturated heterocycles. The lowest BCUT2D eigenvalue weighted by Crippen LogP contribution is -2.23. The zero-order chi connectivity index (χ0) is 10.4. The summed E-state index contributed by atoms with van der Waals surface area (Å²) in [6.45, 7) is 3.23. The van der Waals surface area contributed by atoms with Crippen LogP contribution in [-0.2, 0) is 0 Å². The van der Waals surface area contributed by atoms with Crippen molar-refractivity contribution in [2.75, 3.05) is 26.0 Å². The highest BCUT2D eigenvalue weighted by molar-refractivity contribution is 5.32. The molecule has 0 aliphatic carbocycles. The third kappa shape index (κ3) is 4.18. The molecule has 4 heteroatoms. The van der Waals surface area contributed by atoms with Gasteiger partial charge in [-0.2, -0.15) is 5.10 Å². The number of nitrogens with zero attached hydrogens (tertiary/aromatic N) is 3. The maximum Gasteiger partial charge on any atom is 0.148 e. The molecule has 0 bridgehead atoms. The van der Waals surface area contributed by atoms with E-state index in [0.717, 1.165) is 18.8 Å². The molecule has 0 radical (unpaired) electrons. The molecule has 1 rings (SSSR count). The zero-order valence-electron chi connectivity index (χ0n) is 9.07. The zero-order valence-corrected chi connectivity index (χ0v) is 9.07. The van der Waals surface area contributed by atoms with Crippen LogP contribution in [0.4, 0.5) is 5.82 Å². The second kappa shape index (κ2) is 5.54. The van der Waals surface area contributed by atoms with Crippen molar-refractivity contribution in [2.24, 2.45) is 0 Å². The Bertz CT molecular complexity index is 248. The molecular formula is C10H18N4. The molecule has 14 heavy (non-hydrogen) atoms. The molecule has 78 valence electrons. The van der Waals surface area contributed by atoms with Crippen molar-refractivity contribution in [1.29, 1.82) is 0 Å². The summed E-state index contributed by atoms with van der Waals surface area (Å²) in [5.41, 5.74) is 0. The fourth-order valence-electron chi connectivity index (χ4n) is 1.15. The van der Waals surface area contributed by atoms with Gasteiger partial charge in [0, 0.05) is 12.2 Å². The predicted molar refractivity (Wildman–Crippen MR) is 58.3 cm³/mol. The molecule has 0 aliphatic heterocycles. The van der Waals surface area contributed by atoms with E-state index in [1.165, 1.54) is 0 Å². The number of anilines is 1. The fraction of sp³-hybridized carbons (Fsp3) is 0.600. The van der Waals surface area contributed by atoms with E-state index in [4.69, 9.17) is 0 Å². The van der Waals surface area contributed by atoms with Crippen LogP contribution in [0.25, 0.3) is 0 Å². The van der Waals surface area contributed by atoms with E-state index < -0.39 is 0 Å².